The number of ketones is 1. The summed E-state index contributed by atoms with van der Waals surface area (Å²) in [5.74, 6) is -3.21. The number of carboxylic acid groups (broad SMARTS) is 1. The Hall–Kier alpha value is -2.98. The Morgan fingerprint density at radius 1 is 1.18 bits per heavy atom. The first kappa shape index (κ1) is 26.3. The number of carboxylic acids is 1. The van der Waals surface area contributed by atoms with Gasteiger partial charge in [0.15, 0.2) is 11.9 Å². The Balaban J connectivity index is 2.12. The van der Waals surface area contributed by atoms with Crippen LogP contribution in [-0.4, -0.2) is 77.0 Å². The minimum Gasteiger partial charge on any atom is -0.496 e. The maximum atomic E-state index is 12.9. The Labute approximate surface area is 193 Å². The first-order valence-electron chi connectivity index (χ1n) is 10.9. The third-order valence-corrected chi connectivity index (χ3v) is 5.61. The molecule has 0 aromatic heterocycles. The van der Waals surface area contributed by atoms with Gasteiger partial charge >= 0.3 is 5.97 Å². The Morgan fingerprint density at radius 2 is 1.82 bits per heavy atom. The number of hydrogen-bond acceptors (Lipinski definition) is 7. The van der Waals surface area contributed by atoms with Gasteiger partial charge in [-0.2, -0.15) is 0 Å². The second kappa shape index (κ2) is 11.2. The third-order valence-electron chi connectivity index (χ3n) is 5.61. The molecule has 182 valence electrons. The molecule has 2 rings (SSSR count). The van der Waals surface area contributed by atoms with Crippen LogP contribution in [-0.2, 0) is 19.2 Å². The number of aliphatic carboxylic acids is 1. The molecule has 1 aliphatic heterocycles. The number of carbonyl (C=O) groups is 4. The molecule has 1 saturated heterocycles. The summed E-state index contributed by atoms with van der Waals surface area (Å²) in [6.07, 6.45) is -2.15. The van der Waals surface area contributed by atoms with Gasteiger partial charge in [0, 0.05) is 18.2 Å². The van der Waals surface area contributed by atoms with E-state index in [1.165, 1.54) is 7.11 Å². The van der Waals surface area contributed by atoms with Crippen molar-refractivity contribution in [2.24, 2.45) is 5.92 Å². The van der Waals surface area contributed by atoms with Gasteiger partial charge in [-0.3, -0.25) is 24.1 Å². The summed E-state index contributed by atoms with van der Waals surface area (Å²) in [5, 5.41) is 24.8. The summed E-state index contributed by atoms with van der Waals surface area (Å²) < 4.78 is 5.22. The predicted octanol–water partition coefficient (Wildman–Crippen LogP) is 0.411. The van der Waals surface area contributed by atoms with E-state index < -0.39 is 54.1 Å². The van der Waals surface area contributed by atoms with Crippen molar-refractivity contribution in [3.63, 3.8) is 0 Å². The van der Waals surface area contributed by atoms with Crippen LogP contribution in [0.25, 0.3) is 0 Å². The number of ether oxygens (including phenoxy) is 1. The van der Waals surface area contributed by atoms with Crippen LogP contribution < -0.4 is 15.4 Å². The van der Waals surface area contributed by atoms with E-state index in [0.717, 1.165) is 12.1 Å². The van der Waals surface area contributed by atoms with E-state index in [0.29, 0.717) is 5.75 Å². The molecule has 1 heterocycles. The van der Waals surface area contributed by atoms with Gasteiger partial charge in [-0.05, 0) is 31.9 Å². The van der Waals surface area contributed by atoms with Gasteiger partial charge < -0.3 is 25.6 Å². The molecule has 2 amide bonds. The van der Waals surface area contributed by atoms with Gasteiger partial charge in [0.25, 0.3) is 5.91 Å². The fourth-order valence-corrected chi connectivity index (χ4v) is 3.48. The number of methoxy groups -OCH3 is 1. The number of benzene rings is 1. The number of hydrogen-bond donors (Lipinski definition) is 4. The van der Waals surface area contributed by atoms with Crippen LogP contribution in [0.2, 0.25) is 0 Å². The minimum absolute atomic E-state index is 0.0456. The van der Waals surface area contributed by atoms with Gasteiger partial charge in [-0.25, -0.2) is 0 Å². The highest BCUT2D eigenvalue weighted by molar-refractivity contribution is 5.96. The van der Waals surface area contributed by atoms with E-state index in [1.807, 2.05) is 11.8 Å². The summed E-state index contributed by atoms with van der Waals surface area (Å²) in [6.45, 7) is 7.91. The van der Waals surface area contributed by atoms with E-state index in [4.69, 9.17) is 4.74 Å². The van der Waals surface area contributed by atoms with Crippen LogP contribution >= 0.6 is 0 Å². The van der Waals surface area contributed by atoms with Crippen LogP contribution in [0.1, 0.15) is 44.4 Å². The lowest BCUT2D eigenvalue weighted by atomic mass is 10.00. The van der Waals surface area contributed by atoms with Crippen LogP contribution in [0, 0.1) is 12.8 Å². The summed E-state index contributed by atoms with van der Waals surface area (Å²) in [4.78, 5) is 51.4. The smallest absolute Gasteiger partial charge is 0.305 e. The van der Waals surface area contributed by atoms with Crippen LogP contribution in [0.4, 0.5) is 0 Å². The second-order valence-electron chi connectivity index (χ2n) is 8.78. The highest BCUT2D eigenvalue weighted by atomic mass is 16.5. The van der Waals surface area contributed by atoms with Crippen molar-refractivity contribution < 1.29 is 34.1 Å². The topological polar surface area (TPSA) is 145 Å². The maximum absolute atomic E-state index is 12.9. The molecule has 1 aromatic rings. The number of aryl methyl sites for hydroxylation is 1. The molecule has 1 aromatic carbocycles. The Bertz CT molecular complexity index is 902. The first-order valence-corrected chi connectivity index (χ1v) is 10.9. The number of nitrogens with zero attached hydrogens (tertiary/aromatic N) is 1. The minimum atomic E-state index is -1.59. The van der Waals surface area contributed by atoms with Gasteiger partial charge in [-0.15, -0.1) is 0 Å². The third kappa shape index (κ3) is 7.26. The molecule has 0 spiro atoms. The van der Waals surface area contributed by atoms with Crippen molar-refractivity contribution in [1.82, 2.24) is 15.5 Å². The van der Waals surface area contributed by atoms with Gasteiger partial charge in [0.05, 0.1) is 26.1 Å². The van der Waals surface area contributed by atoms with E-state index >= 15 is 0 Å². The standard InChI is InChI=1S/C23H33N3O7/c1-12(2)20(25-23(32)21(30)15-8-13(3)6-7-18(15)33-5)22(31)24-16(9-19(28)29)17(27)11-26-10-14(26)4/h6-8,12,14,16,20-21,30H,9-11H2,1-5H3,(H,24,31)(H,25,32)(H,28,29). The van der Waals surface area contributed by atoms with Crippen molar-refractivity contribution >= 4 is 23.6 Å². The quantitative estimate of drug-likeness (QED) is 0.326. The molecule has 10 nitrogen and oxygen atoms in total. The molecular formula is C23H33N3O7. The molecule has 10 heteroatoms. The maximum Gasteiger partial charge on any atom is 0.305 e. The highest BCUT2D eigenvalue weighted by Crippen LogP contribution is 2.26. The molecule has 1 fully saturated rings. The number of nitrogens with one attached hydrogen (secondary N) is 2. The number of rotatable bonds is 12. The van der Waals surface area contributed by atoms with Gasteiger partial charge in [0.1, 0.15) is 11.8 Å². The molecule has 0 saturated carbocycles. The summed E-state index contributed by atoms with van der Waals surface area (Å²) in [6, 6.07) is 2.96. The number of Topliss-reactive ketones (excluding diaryl/α,β-unsaturated/α-hetero) is 1. The monoisotopic (exact) mass is 463 g/mol. The number of aliphatic hydroxyl groups excluding tert-OH is 1. The Morgan fingerprint density at radius 3 is 2.33 bits per heavy atom. The zero-order valence-electron chi connectivity index (χ0n) is 19.6. The molecular weight excluding hydrogens is 430 g/mol. The second-order valence-corrected chi connectivity index (χ2v) is 8.78. The first-order chi connectivity index (χ1) is 15.4. The van der Waals surface area contributed by atoms with E-state index in [-0.39, 0.29) is 18.2 Å². The average Bonchev–Trinajstić information content (AvgIpc) is 3.43. The van der Waals surface area contributed by atoms with E-state index in [9.17, 15) is 29.4 Å². The fraction of sp³-hybridized carbons (Fsp3) is 0.565. The summed E-state index contributed by atoms with van der Waals surface area (Å²) in [5.41, 5.74) is 1.07. The van der Waals surface area contributed by atoms with E-state index in [2.05, 4.69) is 10.6 Å². The molecule has 1 aliphatic rings. The lowest BCUT2D eigenvalue weighted by Crippen LogP contribution is -2.55. The van der Waals surface area contributed by atoms with Crippen molar-refractivity contribution in [2.45, 2.75) is 58.3 Å². The van der Waals surface area contributed by atoms with Crippen molar-refractivity contribution in [1.29, 1.82) is 0 Å². The molecule has 5 atom stereocenters. The number of aliphatic hydroxyl groups is 1. The van der Waals surface area contributed by atoms with Crippen molar-refractivity contribution in [2.75, 3.05) is 20.2 Å². The van der Waals surface area contributed by atoms with Crippen LogP contribution in [0.5, 0.6) is 5.75 Å². The van der Waals surface area contributed by atoms with Crippen LogP contribution in [0.3, 0.4) is 0 Å². The van der Waals surface area contributed by atoms with Gasteiger partial charge in [-0.1, -0.05) is 25.5 Å². The van der Waals surface area contributed by atoms with Crippen LogP contribution in [0.15, 0.2) is 18.2 Å². The van der Waals surface area contributed by atoms with E-state index in [1.54, 1.807) is 39.0 Å². The molecule has 4 N–H and O–H groups in total. The lowest BCUT2D eigenvalue weighted by molar-refractivity contribution is -0.141. The largest absolute Gasteiger partial charge is 0.496 e. The normalized spacial score (nSPS) is 19.8. The molecule has 33 heavy (non-hydrogen) atoms. The SMILES string of the molecule is COc1ccc(C)cc1C(O)C(=O)NC(C(=O)NC(CC(=O)O)C(=O)CN1CC1C)C(C)C. The summed E-state index contributed by atoms with van der Waals surface area (Å²) in [7, 11) is 1.42. The lowest BCUT2D eigenvalue weighted by Gasteiger charge is -2.26. The molecule has 0 radical (unpaired) electrons. The van der Waals surface area contributed by atoms with Crippen molar-refractivity contribution in [3.8, 4) is 5.75 Å². The van der Waals surface area contributed by atoms with Gasteiger partial charge in [0.2, 0.25) is 5.91 Å². The molecule has 5 unspecified atom stereocenters. The molecule has 0 bridgehead atoms. The zero-order chi connectivity index (χ0) is 24.9. The average molecular weight is 464 g/mol. The molecule has 0 aliphatic carbocycles. The van der Waals surface area contributed by atoms with Crippen molar-refractivity contribution in [3.05, 3.63) is 29.3 Å². The zero-order valence-corrected chi connectivity index (χ0v) is 19.6. The predicted molar refractivity (Wildman–Crippen MR) is 120 cm³/mol. The number of amides is 2. The fourth-order valence-electron chi connectivity index (χ4n) is 3.48. The number of carbonyl (C=O) groups excluding carboxylic acids is 3. The summed E-state index contributed by atoms with van der Waals surface area (Å²) >= 11 is 0. The highest BCUT2D eigenvalue weighted by Gasteiger charge is 2.36. The Kier molecular flexibility index (Phi) is 8.95.